The maximum absolute atomic E-state index is 12.5. The predicted octanol–water partition coefficient (Wildman–Crippen LogP) is 2.88. The van der Waals surface area contributed by atoms with Gasteiger partial charge in [0.25, 0.3) is 0 Å². The number of carbonyl (C=O) groups excluding carboxylic acids is 2. The molecule has 0 bridgehead atoms. The summed E-state index contributed by atoms with van der Waals surface area (Å²) >= 11 is 0. The van der Waals surface area contributed by atoms with Gasteiger partial charge < -0.3 is 5.73 Å². The average molecular weight is 313 g/mol. The van der Waals surface area contributed by atoms with Crippen LogP contribution < -0.4 is 5.73 Å². The molecule has 0 spiro atoms. The van der Waals surface area contributed by atoms with Crippen LogP contribution in [0, 0.1) is 40.4 Å². The first-order chi connectivity index (χ1) is 10.9. The van der Waals surface area contributed by atoms with Crippen molar-refractivity contribution in [2.45, 2.75) is 58.4 Å². The number of hydrogen-bond donors (Lipinski definition) is 1. The zero-order valence-electron chi connectivity index (χ0n) is 14.2. The Hall–Kier alpha value is -0.960. The molecule has 0 aromatic rings. The molecule has 2 N–H and O–H groups in total. The number of rotatable bonds is 0. The number of nitrogens with two attached hydrogens (primary N) is 1. The predicted molar refractivity (Wildman–Crippen MR) is 87.4 cm³/mol. The van der Waals surface area contributed by atoms with Gasteiger partial charge in [-0.1, -0.05) is 13.8 Å². The zero-order valence-corrected chi connectivity index (χ0v) is 14.2. The van der Waals surface area contributed by atoms with Gasteiger partial charge in [0.2, 0.25) is 0 Å². The molecule has 5 aliphatic carbocycles. The fourth-order valence-electron chi connectivity index (χ4n) is 7.35. The molecule has 0 heterocycles. The van der Waals surface area contributed by atoms with Crippen molar-refractivity contribution in [2.75, 3.05) is 0 Å². The monoisotopic (exact) mass is 313 g/mol. The molecule has 0 aromatic heterocycles. The third kappa shape index (κ3) is 1.55. The SMILES string of the molecule is C[C@]12CC[C@H]3[C@@H](C[C@@H](N)C4=CC(=O)[C@H]5CC5[C@@]43C)[C@@H]1CCC2=O. The number of carbonyl (C=O) groups is 2. The van der Waals surface area contributed by atoms with E-state index in [0.717, 1.165) is 38.5 Å². The minimum Gasteiger partial charge on any atom is -0.324 e. The summed E-state index contributed by atoms with van der Waals surface area (Å²) in [5.41, 5.74) is 7.85. The highest BCUT2D eigenvalue weighted by Crippen LogP contribution is 2.70. The summed E-state index contributed by atoms with van der Waals surface area (Å²) in [6, 6.07) is 0.0183. The van der Waals surface area contributed by atoms with Crippen LogP contribution >= 0.6 is 0 Å². The maximum atomic E-state index is 12.5. The second kappa shape index (κ2) is 4.17. The second-order valence-electron chi connectivity index (χ2n) is 9.37. The minimum absolute atomic E-state index is 0.0183. The summed E-state index contributed by atoms with van der Waals surface area (Å²) < 4.78 is 0. The lowest BCUT2D eigenvalue weighted by atomic mass is 9.46. The van der Waals surface area contributed by atoms with Gasteiger partial charge in [0, 0.05) is 23.8 Å². The Morgan fingerprint density at radius 1 is 1.09 bits per heavy atom. The first kappa shape index (κ1) is 14.4. The van der Waals surface area contributed by atoms with Crippen molar-refractivity contribution in [2.24, 2.45) is 46.2 Å². The highest BCUT2D eigenvalue weighted by atomic mass is 16.1. The van der Waals surface area contributed by atoms with E-state index >= 15 is 0 Å². The molecule has 23 heavy (non-hydrogen) atoms. The number of Topliss-reactive ketones (excluding diaryl/α,β-unsaturated/α-hetero) is 1. The van der Waals surface area contributed by atoms with Gasteiger partial charge in [-0.25, -0.2) is 0 Å². The fourth-order valence-corrected chi connectivity index (χ4v) is 7.35. The van der Waals surface area contributed by atoms with E-state index < -0.39 is 0 Å². The molecule has 124 valence electrons. The Morgan fingerprint density at radius 3 is 2.65 bits per heavy atom. The Bertz CT molecular complexity index is 652. The number of hydrogen-bond acceptors (Lipinski definition) is 3. The molecule has 0 saturated heterocycles. The summed E-state index contributed by atoms with van der Waals surface area (Å²) in [6.45, 7) is 4.61. The Morgan fingerprint density at radius 2 is 1.87 bits per heavy atom. The van der Waals surface area contributed by atoms with Crippen LogP contribution in [-0.4, -0.2) is 17.6 Å². The lowest BCUT2D eigenvalue weighted by molar-refractivity contribution is -0.133. The Balaban J connectivity index is 1.59. The molecule has 4 saturated carbocycles. The van der Waals surface area contributed by atoms with E-state index in [1.807, 2.05) is 6.08 Å². The van der Waals surface area contributed by atoms with Crippen LogP contribution in [0.2, 0.25) is 0 Å². The summed E-state index contributed by atoms with van der Waals surface area (Å²) in [4.78, 5) is 24.7. The first-order valence-electron chi connectivity index (χ1n) is 9.42. The molecule has 5 aliphatic rings. The van der Waals surface area contributed by atoms with Crippen molar-refractivity contribution in [1.82, 2.24) is 0 Å². The van der Waals surface area contributed by atoms with Gasteiger partial charge in [-0.2, -0.15) is 0 Å². The smallest absolute Gasteiger partial charge is 0.159 e. The van der Waals surface area contributed by atoms with E-state index in [1.165, 1.54) is 5.57 Å². The molecule has 3 heteroatoms. The molecular formula is C20H27NO2. The summed E-state index contributed by atoms with van der Waals surface area (Å²) in [6.07, 6.45) is 7.97. The van der Waals surface area contributed by atoms with Gasteiger partial charge in [-0.3, -0.25) is 9.59 Å². The van der Waals surface area contributed by atoms with Crippen molar-refractivity contribution in [3.8, 4) is 0 Å². The van der Waals surface area contributed by atoms with E-state index in [2.05, 4.69) is 13.8 Å². The molecule has 0 radical (unpaired) electrons. The molecule has 3 nitrogen and oxygen atoms in total. The largest absolute Gasteiger partial charge is 0.324 e. The molecule has 0 aromatic carbocycles. The van der Waals surface area contributed by atoms with Crippen LogP contribution in [0.15, 0.2) is 11.6 Å². The standard InChI is InChI=1S/C20H27NO2/c1-19-6-5-13-10(12(19)3-4-18(19)23)8-16(21)15-9-17(22)11-7-14(11)20(13,15)2/h9-14,16H,3-8,21H2,1-2H3/t10-,11-,12-,13-,14?,16+,19-,20-/m0/s1. The molecule has 8 atom stereocenters. The zero-order chi connectivity index (χ0) is 16.1. The fraction of sp³-hybridized carbons (Fsp3) is 0.800. The lowest BCUT2D eigenvalue weighted by Gasteiger charge is -2.58. The van der Waals surface area contributed by atoms with Crippen LogP contribution in [0.1, 0.15) is 52.4 Å². The highest BCUT2D eigenvalue weighted by Gasteiger charge is 2.67. The third-order valence-electron chi connectivity index (χ3n) is 8.69. The van der Waals surface area contributed by atoms with Crippen LogP contribution in [0.3, 0.4) is 0 Å². The van der Waals surface area contributed by atoms with Crippen molar-refractivity contribution in [3.63, 3.8) is 0 Å². The second-order valence-corrected chi connectivity index (χ2v) is 9.37. The maximum Gasteiger partial charge on any atom is 0.159 e. The number of fused-ring (bicyclic) bond motifs is 7. The Kier molecular flexibility index (Phi) is 2.61. The lowest BCUT2D eigenvalue weighted by Crippen LogP contribution is -2.56. The summed E-state index contributed by atoms with van der Waals surface area (Å²) in [5, 5.41) is 0. The van der Waals surface area contributed by atoms with E-state index in [9.17, 15) is 9.59 Å². The van der Waals surface area contributed by atoms with Gasteiger partial charge in [0.15, 0.2) is 5.78 Å². The van der Waals surface area contributed by atoms with Gasteiger partial charge in [0.05, 0.1) is 0 Å². The highest BCUT2D eigenvalue weighted by molar-refractivity contribution is 5.96. The number of ketones is 2. The first-order valence-corrected chi connectivity index (χ1v) is 9.42. The van der Waals surface area contributed by atoms with Crippen LogP contribution in [0.25, 0.3) is 0 Å². The van der Waals surface area contributed by atoms with E-state index in [4.69, 9.17) is 5.73 Å². The molecule has 0 amide bonds. The minimum atomic E-state index is -0.0914. The van der Waals surface area contributed by atoms with Gasteiger partial charge in [0.1, 0.15) is 5.78 Å². The van der Waals surface area contributed by atoms with Crippen molar-refractivity contribution < 1.29 is 9.59 Å². The van der Waals surface area contributed by atoms with E-state index in [-0.39, 0.29) is 22.8 Å². The van der Waals surface area contributed by atoms with Crippen molar-refractivity contribution >= 4 is 11.6 Å². The third-order valence-corrected chi connectivity index (χ3v) is 8.69. The van der Waals surface area contributed by atoms with Crippen molar-refractivity contribution in [1.29, 1.82) is 0 Å². The van der Waals surface area contributed by atoms with Gasteiger partial charge in [-0.05, 0) is 72.8 Å². The topological polar surface area (TPSA) is 60.2 Å². The Labute approximate surface area is 138 Å². The van der Waals surface area contributed by atoms with Crippen LogP contribution in [-0.2, 0) is 9.59 Å². The molecule has 1 unspecified atom stereocenters. The van der Waals surface area contributed by atoms with Crippen LogP contribution in [0.5, 0.6) is 0 Å². The normalized spacial score (nSPS) is 57.1. The summed E-state index contributed by atoms with van der Waals surface area (Å²) in [5.74, 6) is 3.33. The average Bonchev–Trinajstić information content (AvgIpc) is 3.26. The van der Waals surface area contributed by atoms with Crippen LogP contribution in [0.4, 0.5) is 0 Å². The summed E-state index contributed by atoms with van der Waals surface area (Å²) in [7, 11) is 0. The van der Waals surface area contributed by atoms with E-state index in [0.29, 0.717) is 35.2 Å². The quantitative estimate of drug-likeness (QED) is 0.748. The van der Waals surface area contributed by atoms with Gasteiger partial charge in [-0.15, -0.1) is 0 Å². The van der Waals surface area contributed by atoms with E-state index in [1.54, 1.807) is 0 Å². The molecule has 5 rings (SSSR count). The molecule has 4 fully saturated rings. The molecular weight excluding hydrogens is 286 g/mol. The van der Waals surface area contributed by atoms with Gasteiger partial charge >= 0.3 is 0 Å². The molecule has 0 aliphatic heterocycles. The van der Waals surface area contributed by atoms with Crippen molar-refractivity contribution in [3.05, 3.63) is 11.6 Å².